The summed E-state index contributed by atoms with van der Waals surface area (Å²) in [7, 11) is 0. The number of fused-ring (bicyclic) bond motifs is 3. The van der Waals surface area contributed by atoms with E-state index in [1.165, 1.54) is 17.5 Å². The zero-order chi connectivity index (χ0) is 19.7. The van der Waals surface area contributed by atoms with Crippen molar-refractivity contribution in [3.8, 4) is 0 Å². The van der Waals surface area contributed by atoms with Crippen molar-refractivity contribution in [3.63, 3.8) is 0 Å². The van der Waals surface area contributed by atoms with Crippen LogP contribution in [0.4, 0.5) is 0 Å². The Hall–Kier alpha value is -2.25. The Morgan fingerprint density at radius 3 is 2.82 bits per heavy atom. The molecule has 7 heteroatoms. The molecule has 1 saturated heterocycles. The van der Waals surface area contributed by atoms with Crippen molar-refractivity contribution in [2.24, 2.45) is 0 Å². The van der Waals surface area contributed by atoms with Crippen LogP contribution in [-0.4, -0.2) is 46.8 Å². The van der Waals surface area contributed by atoms with Gasteiger partial charge in [0.1, 0.15) is 6.04 Å². The molecule has 1 aliphatic rings. The molecular weight excluding hydrogens is 372 g/mol. The number of hydrogen-bond donors (Lipinski definition) is 1. The number of hydrogen-bond acceptors (Lipinski definition) is 5. The maximum absolute atomic E-state index is 13.1. The van der Waals surface area contributed by atoms with Crippen LogP contribution < -0.4 is 10.9 Å². The number of carbonyl (C=O) groups excluding carboxylic acids is 1. The predicted molar refractivity (Wildman–Crippen MR) is 114 cm³/mol. The number of amides is 1. The van der Waals surface area contributed by atoms with Crippen LogP contribution in [0.1, 0.15) is 37.9 Å². The summed E-state index contributed by atoms with van der Waals surface area (Å²) in [6.07, 6.45) is 3.47. The average molecular weight is 399 g/mol. The van der Waals surface area contributed by atoms with Gasteiger partial charge in [-0.2, -0.15) is 5.10 Å². The van der Waals surface area contributed by atoms with Gasteiger partial charge in [0.25, 0.3) is 5.56 Å². The molecule has 0 aliphatic carbocycles. The summed E-state index contributed by atoms with van der Waals surface area (Å²) in [4.78, 5) is 28.2. The van der Waals surface area contributed by atoms with Crippen molar-refractivity contribution in [1.29, 1.82) is 0 Å². The first-order valence-corrected chi connectivity index (χ1v) is 10.8. The summed E-state index contributed by atoms with van der Waals surface area (Å²) in [5.74, 6) is -0.158. The number of nitrogens with zero attached hydrogens (tertiary/aromatic N) is 3. The summed E-state index contributed by atoms with van der Waals surface area (Å²) in [5.41, 5.74) is 0.585. The van der Waals surface area contributed by atoms with E-state index in [0.717, 1.165) is 46.5 Å². The summed E-state index contributed by atoms with van der Waals surface area (Å²) in [5, 5.41) is 9.03. The van der Waals surface area contributed by atoms with E-state index in [4.69, 9.17) is 0 Å². The predicted octanol–water partition coefficient (Wildman–Crippen LogP) is 3.08. The standard InChI is InChI=1S/C21H26N4O2S/c1-14-19-18(16-8-3-4-9-17(16)28-19)21(27)25(23-14)15(2)20(26)22-10-7-13-24-11-5-6-12-24/h3-4,8-9,15H,5-7,10-13H2,1-2H3,(H,22,26)/t15-/m0/s1. The minimum absolute atomic E-state index is 0.158. The maximum atomic E-state index is 13.1. The monoisotopic (exact) mass is 398 g/mol. The van der Waals surface area contributed by atoms with E-state index in [9.17, 15) is 9.59 Å². The fraction of sp³-hybridized carbons (Fsp3) is 0.476. The van der Waals surface area contributed by atoms with Crippen LogP contribution in [0.2, 0.25) is 0 Å². The Balaban J connectivity index is 1.52. The third-order valence-electron chi connectivity index (χ3n) is 5.50. The highest BCUT2D eigenvalue weighted by atomic mass is 32.1. The van der Waals surface area contributed by atoms with Crippen LogP contribution in [0.15, 0.2) is 29.1 Å². The number of nitrogens with one attached hydrogen (secondary N) is 1. The number of aromatic nitrogens is 2. The third-order valence-corrected chi connectivity index (χ3v) is 6.78. The van der Waals surface area contributed by atoms with E-state index in [2.05, 4.69) is 15.3 Å². The number of carbonyl (C=O) groups is 1. The number of aryl methyl sites for hydroxylation is 1. The molecule has 3 aromatic rings. The highest BCUT2D eigenvalue weighted by Crippen LogP contribution is 2.32. The minimum atomic E-state index is -0.638. The van der Waals surface area contributed by atoms with Gasteiger partial charge in [-0.1, -0.05) is 18.2 Å². The van der Waals surface area contributed by atoms with Gasteiger partial charge in [-0.15, -0.1) is 11.3 Å². The summed E-state index contributed by atoms with van der Waals surface area (Å²) in [6.45, 7) is 7.60. The number of rotatable bonds is 6. The molecule has 1 aromatic carbocycles. The van der Waals surface area contributed by atoms with E-state index in [-0.39, 0.29) is 11.5 Å². The van der Waals surface area contributed by atoms with Gasteiger partial charge in [0.05, 0.1) is 15.8 Å². The van der Waals surface area contributed by atoms with Crippen molar-refractivity contribution in [1.82, 2.24) is 20.0 Å². The Kier molecular flexibility index (Phi) is 5.46. The number of thiophene rings is 1. The third kappa shape index (κ3) is 3.56. The van der Waals surface area contributed by atoms with Gasteiger partial charge in [-0.3, -0.25) is 9.59 Å². The van der Waals surface area contributed by atoms with E-state index < -0.39 is 6.04 Å². The lowest BCUT2D eigenvalue weighted by Gasteiger charge is -2.17. The molecule has 0 bridgehead atoms. The molecule has 1 aliphatic heterocycles. The second-order valence-corrected chi connectivity index (χ2v) is 8.56. The van der Waals surface area contributed by atoms with Gasteiger partial charge in [-0.25, -0.2) is 4.68 Å². The highest BCUT2D eigenvalue weighted by Gasteiger charge is 2.21. The Morgan fingerprint density at radius 2 is 2.04 bits per heavy atom. The molecular formula is C21H26N4O2S. The number of likely N-dealkylation sites (tertiary alicyclic amines) is 1. The van der Waals surface area contributed by atoms with Crippen LogP contribution in [0.5, 0.6) is 0 Å². The molecule has 0 spiro atoms. The molecule has 1 atom stereocenters. The SMILES string of the molecule is Cc1nn([C@@H](C)C(=O)NCCCN2CCCC2)c(=O)c2c1sc1ccccc12. The van der Waals surface area contributed by atoms with Crippen molar-refractivity contribution >= 4 is 37.4 Å². The molecule has 1 N–H and O–H groups in total. The lowest BCUT2D eigenvalue weighted by atomic mass is 10.2. The van der Waals surface area contributed by atoms with Gasteiger partial charge in [0.2, 0.25) is 5.91 Å². The molecule has 0 radical (unpaired) electrons. The summed E-state index contributed by atoms with van der Waals surface area (Å²) >= 11 is 1.58. The zero-order valence-electron chi connectivity index (χ0n) is 16.4. The Labute approximate surface area is 168 Å². The lowest BCUT2D eigenvalue weighted by Crippen LogP contribution is -2.38. The van der Waals surface area contributed by atoms with Crippen LogP contribution in [0, 0.1) is 6.92 Å². The van der Waals surface area contributed by atoms with Crippen molar-refractivity contribution in [2.45, 2.75) is 39.2 Å². The largest absolute Gasteiger partial charge is 0.354 e. The van der Waals surface area contributed by atoms with E-state index >= 15 is 0 Å². The molecule has 148 valence electrons. The van der Waals surface area contributed by atoms with Crippen LogP contribution in [-0.2, 0) is 4.79 Å². The first kappa shape index (κ1) is 19.1. The molecule has 1 fully saturated rings. The number of benzene rings is 1. The summed E-state index contributed by atoms with van der Waals surface area (Å²) < 4.78 is 3.31. The second kappa shape index (κ2) is 8.01. The van der Waals surface area contributed by atoms with Crippen LogP contribution in [0.3, 0.4) is 0 Å². The topological polar surface area (TPSA) is 67.2 Å². The zero-order valence-corrected chi connectivity index (χ0v) is 17.2. The van der Waals surface area contributed by atoms with Gasteiger partial charge in [0, 0.05) is 16.6 Å². The molecule has 2 aromatic heterocycles. The quantitative estimate of drug-likeness (QED) is 0.648. The van der Waals surface area contributed by atoms with Gasteiger partial charge in [-0.05, 0) is 58.8 Å². The minimum Gasteiger partial charge on any atom is -0.354 e. The normalized spacial score (nSPS) is 16.1. The molecule has 3 heterocycles. The molecule has 0 unspecified atom stereocenters. The molecule has 4 rings (SSSR count). The Morgan fingerprint density at radius 1 is 1.29 bits per heavy atom. The van der Waals surface area contributed by atoms with Gasteiger partial charge in [0.15, 0.2) is 0 Å². The van der Waals surface area contributed by atoms with Crippen molar-refractivity contribution in [2.75, 3.05) is 26.2 Å². The van der Waals surface area contributed by atoms with Crippen molar-refractivity contribution in [3.05, 3.63) is 40.3 Å². The fourth-order valence-corrected chi connectivity index (χ4v) is 5.06. The summed E-state index contributed by atoms with van der Waals surface area (Å²) in [6, 6.07) is 7.24. The molecule has 28 heavy (non-hydrogen) atoms. The molecule has 0 saturated carbocycles. The Bertz CT molecular complexity index is 1070. The second-order valence-electron chi connectivity index (χ2n) is 7.51. The van der Waals surface area contributed by atoms with Crippen LogP contribution in [0.25, 0.3) is 20.2 Å². The average Bonchev–Trinajstić information content (AvgIpc) is 3.35. The van der Waals surface area contributed by atoms with Crippen molar-refractivity contribution < 1.29 is 4.79 Å². The van der Waals surface area contributed by atoms with Gasteiger partial charge >= 0.3 is 0 Å². The lowest BCUT2D eigenvalue weighted by molar-refractivity contribution is -0.124. The first-order chi connectivity index (χ1) is 13.6. The van der Waals surface area contributed by atoms with E-state index in [0.29, 0.717) is 11.9 Å². The van der Waals surface area contributed by atoms with E-state index in [1.54, 1.807) is 18.3 Å². The first-order valence-electron chi connectivity index (χ1n) is 9.97. The van der Waals surface area contributed by atoms with Crippen LogP contribution >= 0.6 is 11.3 Å². The highest BCUT2D eigenvalue weighted by molar-refractivity contribution is 7.26. The molecule has 1 amide bonds. The van der Waals surface area contributed by atoms with E-state index in [1.807, 2.05) is 31.2 Å². The molecule has 6 nitrogen and oxygen atoms in total. The fourth-order valence-electron chi connectivity index (χ4n) is 3.92. The smallest absolute Gasteiger partial charge is 0.276 e. The maximum Gasteiger partial charge on any atom is 0.276 e. The van der Waals surface area contributed by atoms with Gasteiger partial charge < -0.3 is 10.2 Å².